The summed E-state index contributed by atoms with van der Waals surface area (Å²) in [7, 11) is 0. The fraction of sp³-hybridized carbons (Fsp3) is 0.500. The molecule has 110 valence electrons. The molecule has 1 N–H and O–H groups in total. The lowest BCUT2D eigenvalue weighted by Gasteiger charge is -2.21. The molecule has 0 aromatic heterocycles. The van der Waals surface area contributed by atoms with Crippen LogP contribution in [0.25, 0.3) is 0 Å². The highest BCUT2D eigenvalue weighted by molar-refractivity contribution is 5.71. The van der Waals surface area contributed by atoms with Gasteiger partial charge in [0, 0.05) is 11.6 Å². The number of benzene rings is 1. The quantitative estimate of drug-likeness (QED) is 0.520. The minimum absolute atomic E-state index is 0.0780. The minimum Gasteiger partial charge on any atom is -0.460 e. The van der Waals surface area contributed by atoms with Crippen LogP contribution < -0.4 is 0 Å². The fourth-order valence-corrected chi connectivity index (χ4v) is 1.85. The number of ether oxygens (including phenoxy) is 1. The number of nitro benzene ring substituents is 1. The second-order valence-electron chi connectivity index (χ2n) is 5.55. The van der Waals surface area contributed by atoms with Gasteiger partial charge in [0.1, 0.15) is 5.60 Å². The van der Waals surface area contributed by atoms with E-state index < -0.39 is 22.6 Å². The lowest BCUT2D eigenvalue weighted by atomic mass is 10.00. The standard InChI is InChI=1S/C14H19NO5/c1-9-10(6-5-7-11(9)15(18)19)12(16)8-13(17)20-14(2,3)4/h5-7,12,16H,8H2,1-4H3. The van der Waals surface area contributed by atoms with E-state index in [1.165, 1.54) is 12.1 Å². The highest BCUT2D eigenvalue weighted by atomic mass is 16.6. The maximum Gasteiger partial charge on any atom is 0.309 e. The summed E-state index contributed by atoms with van der Waals surface area (Å²) < 4.78 is 5.11. The van der Waals surface area contributed by atoms with Gasteiger partial charge in [-0.1, -0.05) is 12.1 Å². The van der Waals surface area contributed by atoms with Crippen LogP contribution in [0.1, 0.15) is 44.4 Å². The number of hydrogen-bond donors (Lipinski definition) is 1. The van der Waals surface area contributed by atoms with Gasteiger partial charge in [-0.2, -0.15) is 0 Å². The van der Waals surface area contributed by atoms with E-state index in [0.29, 0.717) is 11.1 Å². The zero-order valence-corrected chi connectivity index (χ0v) is 12.0. The highest BCUT2D eigenvalue weighted by Gasteiger charge is 2.23. The number of aliphatic hydroxyl groups is 1. The number of carbonyl (C=O) groups is 1. The summed E-state index contributed by atoms with van der Waals surface area (Å²) in [5.74, 6) is -0.545. The number of esters is 1. The number of nitro groups is 1. The van der Waals surface area contributed by atoms with Crippen LogP contribution in [0.2, 0.25) is 0 Å². The average molecular weight is 281 g/mol. The zero-order valence-electron chi connectivity index (χ0n) is 12.0. The molecule has 0 fully saturated rings. The van der Waals surface area contributed by atoms with Crippen molar-refractivity contribution in [2.75, 3.05) is 0 Å². The largest absolute Gasteiger partial charge is 0.460 e. The number of carbonyl (C=O) groups excluding carboxylic acids is 1. The Morgan fingerprint density at radius 1 is 1.45 bits per heavy atom. The lowest BCUT2D eigenvalue weighted by molar-refractivity contribution is -0.385. The van der Waals surface area contributed by atoms with Crippen molar-refractivity contribution in [2.45, 2.75) is 45.8 Å². The van der Waals surface area contributed by atoms with Gasteiger partial charge in [0.05, 0.1) is 17.4 Å². The third-order valence-corrected chi connectivity index (χ3v) is 2.68. The molecule has 6 heteroatoms. The molecule has 1 aromatic rings. The van der Waals surface area contributed by atoms with E-state index in [1.54, 1.807) is 33.8 Å². The van der Waals surface area contributed by atoms with Crippen molar-refractivity contribution in [2.24, 2.45) is 0 Å². The van der Waals surface area contributed by atoms with Crippen LogP contribution in [0.3, 0.4) is 0 Å². The molecule has 0 saturated heterocycles. The van der Waals surface area contributed by atoms with E-state index in [0.717, 1.165) is 0 Å². The highest BCUT2D eigenvalue weighted by Crippen LogP contribution is 2.28. The van der Waals surface area contributed by atoms with Crippen molar-refractivity contribution < 1.29 is 19.6 Å². The summed E-state index contributed by atoms with van der Waals surface area (Å²) in [6, 6.07) is 4.41. The number of hydrogen-bond acceptors (Lipinski definition) is 5. The van der Waals surface area contributed by atoms with Gasteiger partial charge in [-0.3, -0.25) is 14.9 Å². The Balaban J connectivity index is 2.88. The van der Waals surface area contributed by atoms with Crippen molar-refractivity contribution in [3.05, 3.63) is 39.4 Å². The maximum absolute atomic E-state index is 11.7. The van der Waals surface area contributed by atoms with Crippen LogP contribution in [0.4, 0.5) is 5.69 Å². The summed E-state index contributed by atoms with van der Waals surface area (Å²) in [6.07, 6.45) is -1.36. The van der Waals surface area contributed by atoms with E-state index in [4.69, 9.17) is 4.74 Å². The van der Waals surface area contributed by atoms with Crippen LogP contribution in [0.15, 0.2) is 18.2 Å². The third-order valence-electron chi connectivity index (χ3n) is 2.68. The summed E-state index contributed by atoms with van der Waals surface area (Å²) in [4.78, 5) is 22.0. The van der Waals surface area contributed by atoms with Gasteiger partial charge < -0.3 is 9.84 Å². The van der Waals surface area contributed by atoms with Crippen molar-refractivity contribution in [1.29, 1.82) is 0 Å². The first-order chi connectivity index (χ1) is 9.11. The van der Waals surface area contributed by atoms with Crippen LogP contribution in [0, 0.1) is 17.0 Å². The van der Waals surface area contributed by atoms with E-state index in [-0.39, 0.29) is 12.1 Å². The fourth-order valence-electron chi connectivity index (χ4n) is 1.85. The van der Waals surface area contributed by atoms with Gasteiger partial charge in [-0.15, -0.1) is 0 Å². The molecule has 0 spiro atoms. The molecule has 0 bridgehead atoms. The molecule has 20 heavy (non-hydrogen) atoms. The van der Waals surface area contributed by atoms with E-state index in [9.17, 15) is 20.0 Å². The second kappa shape index (κ2) is 6.00. The first kappa shape index (κ1) is 16.1. The summed E-state index contributed by atoms with van der Waals surface area (Å²) in [5, 5.41) is 20.9. The van der Waals surface area contributed by atoms with Gasteiger partial charge in [-0.25, -0.2) is 0 Å². The topological polar surface area (TPSA) is 89.7 Å². The van der Waals surface area contributed by atoms with E-state index >= 15 is 0 Å². The molecule has 1 atom stereocenters. The van der Waals surface area contributed by atoms with E-state index in [1.807, 2.05) is 0 Å². The normalized spacial score (nSPS) is 12.8. The predicted octanol–water partition coefficient (Wildman–Crippen LogP) is 2.67. The van der Waals surface area contributed by atoms with Crippen molar-refractivity contribution in [1.82, 2.24) is 0 Å². The molecular weight excluding hydrogens is 262 g/mol. The Bertz CT molecular complexity index is 519. The Hall–Kier alpha value is -1.95. The summed E-state index contributed by atoms with van der Waals surface area (Å²) >= 11 is 0. The van der Waals surface area contributed by atoms with Gasteiger partial charge in [0.15, 0.2) is 0 Å². The van der Waals surface area contributed by atoms with Crippen molar-refractivity contribution in [3.63, 3.8) is 0 Å². The molecule has 0 aliphatic carbocycles. The molecular formula is C14H19NO5. The monoisotopic (exact) mass is 281 g/mol. The maximum atomic E-state index is 11.7. The van der Waals surface area contributed by atoms with Gasteiger partial charge in [0.2, 0.25) is 0 Å². The molecule has 1 aromatic carbocycles. The second-order valence-corrected chi connectivity index (χ2v) is 5.55. The first-order valence-corrected chi connectivity index (χ1v) is 6.25. The Morgan fingerprint density at radius 2 is 2.05 bits per heavy atom. The molecule has 0 saturated carbocycles. The Morgan fingerprint density at radius 3 is 2.55 bits per heavy atom. The van der Waals surface area contributed by atoms with Gasteiger partial charge >= 0.3 is 5.97 Å². The average Bonchev–Trinajstić information content (AvgIpc) is 2.25. The third kappa shape index (κ3) is 4.31. The Labute approximate surface area is 117 Å². The van der Waals surface area contributed by atoms with Crippen LogP contribution in [-0.4, -0.2) is 21.6 Å². The summed E-state index contributed by atoms with van der Waals surface area (Å²) in [6.45, 7) is 6.74. The van der Waals surface area contributed by atoms with Crippen LogP contribution in [-0.2, 0) is 9.53 Å². The van der Waals surface area contributed by atoms with Gasteiger partial charge in [0.25, 0.3) is 5.69 Å². The predicted molar refractivity (Wildman–Crippen MR) is 73.3 cm³/mol. The Kier molecular flexibility index (Phi) is 4.83. The molecule has 0 amide bonds. The minimum atomic E-state index is -1.12. The number of aliphatic hydroxyl groups excluding tert-OH is 1. The SMILES string of the molecule is Cc1c(C(O)CC(=O)OC(C)(C)C)cccc1[N+](=O)[O-]. The molecule has 0 radical (unpaired) electrons. The molecule has 1 rings (SSSR count). The molecule has 0 aliphatic rings. The zero-order chi connectivity index (χ0) is 15.5. The smallest absolute Gasteiger partial charge is 0.309 e. The molecule has 6 nitrogen and oxygen atoms in total. The summed E-state index contributed by atoms with van der Waals surface area (Å²) in [5.41, 5.74) is 0.0125. The van der Waals surface area contributed by atoms with Gasteiger partial charge in [-0.05, 0) is 33.3 Å². The van der Waals surface area contributed by atoms with Crippen molar-refractivity contribution in [3.8, 4) is 0 Å². The van der Waals surface area contributed by atoms with Crippen LogP contribution in [0.5, 0.6) is 0 Å². The molecule has 0 heterocycles. The molecule has 1 unspecified atom stereocenters. The number of rotatable bonds is 4. The van der Waals surface area contributed by atoms with E-state index in [2.05, 4.69) is 0 Å². The van der Waals surface area contributed by atoms with Crippen LogP contribution >= 0.6 is 0 Å². The lowest BCUT2D eigenvalue weighted by Crippen LogP contribution is -2.25. The van der Waals surface area contributed by atoms with Crippen molar-refractivity contribution >= 4 is 11.7 Å². The molecule has 0 aliphatic heterocycles. The first-order valence-electron chi connectivity index (χ1n) is 6.25. The number of nitrogens with zero attached hydrogens (tertiary/aromatic N) is 1.